The number of nitrogens with one attached hydrogen (secondary N) is 2. The van der Waals surface area contributed by atoms with Crippen molar-refractivity contribution in [3.05, 3.63) is 58.1 Å². The summed E-state index contributed by atoms with van der Waals surface area (Å²) in [5.74, 6) is -1.61. The Morgan fingerprint density at radius 1 is 0.922 bits per heavy atom. The van der Waals surface area contributed by atoms with Gasteiger partial charge in [0.15, 0.2) is 11.3 Å². The second-order valence-electron chi connectivity index (χ2n) is 14.0. The third-order valence-electron chi connectivity index (χ3n) is 10.8. The molecular weight excluding hydrogens is 658 g/mol. The summed E-state index contributed by atoms with van der Waals surface area (Å²) in [6.07, 6.45) is 2.10. The molecule has 0 bridgehead atoms. The number of anilines is 1. The maximum atomic E-state index is 13.9. The van der Waals surface area contributed by atoms with Gasteiger partial charge in [-0.2, -0.15) is 0 Å². The normalized spacial score (nSPS) is 24.5. The predicted octanol–water partition coefficient (Wildman–Crippen LogP) is 0.639. The first kappa shape index (κ1) is 32.7. The lowest BCUT2D eigenvalue weighted by atomic mass is 10.1. The molecule has 266 valence electrons. The number of piperidine rings is 1. The average molecular weight is 698 g/mol. The van der Waals surface area contributed by atoms with Crippen LogP contribution in [0.15, 0.2) is 45.7 Å². The molecule has 0 spiro atoms. The maximum Gasteiger partial charge on any atom is 0.327 e. The highest BCUT2D eigenvalue weighted by atomic mass is 16.5. The van der Waals surface area contributed by atoms with E-state index < -0.39 is 29.7 Å². The lowest BCUT2D eigenvalue weighted by Gasteiger charge is -2.41. The highest BCUT2D eigenvalue weighted by Crippen LogP contribution is 2.32. The van der Waals surface area contributed by atoms with Gasteiger partial charge in [0.05, 0.1) is 16.4 Å². The summed E-state index contributed by atoms with van der Waals surface area (Å²) in [7, 11) is 0. The van der Waals surface area contributed by atoms with Crippen LogP contribution in [0.25, 0.3) is 22.0 Å². The van der Waals surface area contributed by atoms with E-state index in [9.17, 15) is 28.8 Å². The van der Waals surface area contributed by atoms with Crippen LogP contribution in [0.4, 0.5) is 5.69 Å². The van der Waals surface area contributed by atoms with E-state index in [0.717, 1.165) is 11.3 Å². The van der Waals surface area contributed by atoms with E-state index >= 15 is 0 Å². The molecule has 6 heterocycles. The Labute approximate surface area is 291 Å². The van der Waals surface area contributed by atoms with Crippen molar-refractivity contribution in [3.63, 3.8) is 0 Å². The van der Waals surface area contributed by atoms with Gasteiger partial charge in [-0.3, -0.25) is 33.9 Å². The zero-order valence-corrected chi connectivity index (χ0v) is 28.2. The van der Waals surface area contributed by atoms with Crippen LogP contribution < -0.4 is 21.6 Å². The molecule has 16 heteroatoms. The van der Waals surface area contributed by atoms with Crippen molar-refractivity contribution in [1.82, 2.24) is 34.7 Å². The second-order valence-corrected chi connectivity index (χ2v) is 14.0. The molecular formula is C35H39N9O7. The van der Waals surface area contributed by atoms with Crippen LogP contribution in [0, 0.1) is 6.92 Å². The van der Waals surface area contributed by atoms with Crippen molar-refractivity contribution >= 4 is 57.2 Å². The Kier molecular flexibility index (Phi) is 8.12. The van der Waals surface area contributed by atoms with E-state index in [1.165, 1.54) is 4.57 Å². The van der Waals surface area contributed by atoms with Crippen LogP contribution in [0.1, 0.15) is 54.2 Å². The summed E-state index contributed by atoms with van der Waals surface area (Å²) in [6, 6.07) is 8.47. The van der Waals surface area contributed by atoms with Crippen molar-refractivity contribution in [2.75, 3.05) is 44.2 Å². The molecule has 4 aliphatic rings. The van der Waals surface area contributed by atoms with Gasteiger partial charge in [0.2, 0.25) is 23.6 Å². The van der Waals surface area contributed by atoms with Gasteiger partial charge in [-0.1, -0.05) is 16.8 Å². The van der Waals surface area contributed by atoms with Gasteiger partial charge in [0.25, 0.3) is 5.91 Å². The van der Waals surface area contributed by atoms with Crippen molar-refractivity contribution < 1.29 is 28.5 Å². The standard InChI is InChI=1S/C35H39N9O7/c1-19-2-8-28-22(16-19)30(39-51-28)34(49)42-11-10-20-3-6-27(43(20)32(47)23(36)18-42)33(48)41-14-12-40(13-15-41)21-4-5-25-24(17-21)37-35(50)44(25)26-7-9-29(45)38-31(26)46/h2,4-5,8,16-17,20,23,26-27H,3,6-7,9-15,18,36H2,1H3,(H,37,50)(H,38,45,46)/t20-,23+,26?,27+/m1/s1. The Morgan fingerprint density at radius 3 is 2.51 bits per heavy atom. The zero-order chi connectivity index (χ0) is 35.6. The fraction of sp³-hybridized carbons (Fsp3) is 0.457. The zero-order valence-electron chi connectivity index (χ0n) is 28.2. The number of nitrogens with two attached hydrogens (primary N) is 1. The van der Waals surface area contributed by atoms with Crippen LogP contribution in [0.3, 0.4) is 0 Å². The van der Waals surface area contributed by atoms with Crippen LogP contribution in [0.2, 0.25) is 0 Å². The molecule has 51 heavy (non-hydrogen) atoms. The quantitative estimate of drug-likeness (QED) is 0.254. The van der Waals surface area contributed by atoms with E-state index in [-0.39, 0.29) is 54.8 Å². The molecule has 4 saturated heterocycles. The number of imidazole rings is 1. The van der Waals surface area contributed by atoms with E-state index in [1.54, 1.807) is 26.8 Å². The third-order valence-corrected chi connectivity index (χ3v) is 10.8. The maximum absolute atomic E-state index is 13.9. The number of aromatic nitrogens is 3. The van der Waals surface area contributed by atoms with E-state index in [4.69, 9.17) is 10.3 Å². The highest BCUT2D eigenvalue weighted by Gasteiger charge is 2.46. The molecule has 4 fully saturated rings. The van der Waals surface area contributed by atoms with Gasteiger partial charge in [-0.25, -0.2) is 4.79 Å². The number of fused-ring (bicyclic) bond motifs is 3. The Balaban J connectivity index is 0.916. The fourth-order valence-electron chi connectivity index (χ4n) is 8.14. The van der Waals surface area contributed by atoms with Gasteiger partial charge < -0.3 is 34.8 Å². The Bertz CT molecular complexity index is 2150. The van der Waals surface area contributed by atoms with Crippen LogP contribution in [-0.4, -0.2) is 116 Å². The Hall–Kier alpha value is -5.51. The molecule has 16 nitrogen and oxygen atoms in total. The second kappa shape index (κ2) is 12.7. The summed E-state index contributed by atoms with van der Waals surface area (Å²) in [4.78, 5) is 88.3. The third kappa shape index (κ3) is 5.72. The number of aryl methyl sites for hydroxylation is 1. The van der Waals surface area contributed by atoms with Crippen molar-refractivity contribution in [1.29, 1.82) is 0 Å². The van der Waals surface area contributed by atoms with Crippen molar-refractivity contribution in [2.45, 2.75) is 63.2 Å². The molecule has 4 atom stereocenters. The monoisotopic (exact) mass is 697 g/mol. The smallest absolute Gasteiger partial charge is 0.327 e. The summed E-state index contributed by atoms with van der Waals surface area (Å²) in [6.45, 7) is 4.30. The van der Waals surface area contributed by atoms with E-state index in [0.29, 0.717) is 74.0 Å². The van der Waals surface area contributed by atoms with Crippen LogP contribution in [-0.2, 0) is 19.2 Å². The molecule has 2 aromatic carbocycles. The van der Waals surface area contributed by atoms with Crippen molar-refractivity contribution in [2.24, 2.45) is 5.73 Å². The van der Waals surface area contributed by atoms with Gasteiger partial charge >= 0.3 is 5.69 Å². The number of rotatable bonds is 4. The molecule has 4 aromatic rings. The minimum Gasteiger partial charge on any atom is -0.368 e. The molecule has 8 rings (SSSR count). The first-order valence-corrected chi connectivity index (χ1v) is 17.4. The lowest BCUT2D eigenvalue weighted by Crippen LogP contribution is -2.60. The topological polar surface area (TPSA) is 200 Å². The van der Waals surface area contributed by atoms with Crippen LogP contribution in [0.5, 0.6) is 0 Å². The summed E-state index contributed by atoms with van der Waals surface area (Å²) < 4.78 is 6.79. The summed E-state index contributed by atoms with van der Waals surface area (Å²) in [5, 5.41) is 6.96. The molecule has 1 unspecified atom stereocenters. The number of H-pyrrole nitrogens is 1. The number of amides is 5. The van der Waals surface area contributed by atoms with Gasteiger partial charge in [-0.15, -0.1) is 0 Å². The first-order chi connectivity index (χ1) is 24.6. The Morgan fingerprint density at radius 2 is 1.73 bits per heavy atom. The first-order valence-electron chi connectivity index (χ1n) is 17.4. The summed E-state index contributed by atoms with van der Waals surface area (Å²) >= 11 is 0. The molecule has 0 saturated carbocycles. The van der Waals surface area contributed by atoms with Crippen LogP contribution >= 0.6 is 0 Å². The number of carbonyl (C=O) groups is 5. The minimum atomic E-state index is -0.992. The number of nitrogens with zero attached hydrogens (tertiary/aromatic N) is 6. The highest BCUT2D eigenvalue weighted by molar-refractivity contribution is 6.04. The van der Waals surface area contributed by atoms with E-state index in [1.807, 2.05) is 31.2 Å². The SMILES string of the molecule is Cc1ccc2onc(C(=O)N3CC[C@H]4CC[C@@H](C(=O)N5CCN(c6ccc7c(c6)[nH]c(=O)n7C6CCC(=O)NC6=O)CC5)N4C(=O)[C@@H](N)C3)c2c1. The largest absolute Gasteiger partial charge is 0.368 e. The predicted molar refractivity (Wildman–Crippen MR) is 184 cm³/mol. The molecule has 0 radical (unpaired) electrons. The summed E-state index contributed by atoms with van der Waals surface area (Å²) in [5.41, 5.74) is 9.72. The number of hydrogen-bond acceptors (Lipinski definition) is 10. The van der Waals surface area contributed by atoms with Crippen molar-refractivity contribution in [3.8, 4) is 0 Å². The molecule has 4 N–H and O–H groups in total. The number of benzene rings is 2. The molecule has 4 aliphatic heterocycles. The number of aromatic amines is 1. The molecule has 5 amide bonds. The lowest BCUT2D eigenvalue weighted by molar-refractivity contribution is -0.147. The number of hydrogen-bond donors (Lipinski definition) is 3. The van der Waals surface area contributed by atoms with Gasteiger partial charge in [-0.05, 0) is 62.9 Å². The van der Waals surface area contributed by atoms with E-state index in [2.05, 4.69) is 20.4 Å². The number of piperazine rings is 1. The fourth-order valence-corrected chi connectivity index (χ4v) is 8.14. The van der Waals surface area contributed by atoms with Gasteiger partial charge in [0, 0.05) is 57.4 Å². The average Bonchev–Trinajstić information content (AvgIpc) is 3.82. The van der Waals surface area contributed by atoms with Gasteiger partial charge in [0.1, 0.15) is 18.1 Å². The number of carbonyl (C=O) groups excluding carboxylic acids is 5. The molecule has 2 aromatic heterocycles. The minimum absolute atomic E-state index is 0.00710. The molecule has 0 aliphatic carbocycles. The number of imide groups is 1.